The highest BCUT2D eigenvalue weighted by atomic mass is 79.9. The van der Waals surface area contributed by atoms with Crippen molar-refractivity contribution in [1.82, 2.24) is 9.97 Å². The normalized spacial score (nSPS) is 13.8. The number of nitrogens with zero attached hydrogens (tertiary/aromatic N) is 1. The largest absolute Gasteiger partial charge is 0.348 e. The molecule has 0 radical (unpaired) electrons. The van der Waals surface area contributed by atoms with E-state index in [1.165, 1.54) is 0 Å². The van der Waals surface area contributed by atoms with Crippen molar-refractivity contribution in [2.75, 3.05) is 0 Å². The molecule has 0 bridgehead atoms. The molecule has 0 fully saturated rings. The summed E-state index contributed by atoms with van der Waals surface area (Å²) in [6, 6.07) is 0. The number of nitrogens with one attached hydrogen (secondary N) is 1. The van der Waals surface area contributed by atoms with Gasteiger partial charge < -0.3 is 4.98 Å². The molecule has 0 aliphatic carbocycles. The molecule has 0 spiro atoms. The highest BCUT2D eigenvalue weighted by molar-refractivity contribution is 9.09. The predicted molar refractivity (Wildman–Crippen MR) is 35.9 cm³/mol. The van der Waals surface area contributed by atoms with E-state index in [2.05, 4.69) is 25.9 Å². The number of aromatic nitrogens is 2. The van der Waals surface area contributed by atoms with Crippen LogP contribution in [0.4, 0.5) is 0 Å². The molecule has 44 valence electrons. The van der Waals surface area contributed by atoms with Crippen molar-refractivity contribution in [1.29, 1.82) is 0 Å². The Labute approximate surface area is 56.5 Å². The maximum absolute atomic E-state index is 4.01. The van der Waals surface area contributed by atoms with E-state index < -0.39 is 0 Å². The Morgan fingerprint density at radius 1 is 1.88 bits per heavy atom. The van der Waals surface area contributed by atoms with Crippen LogP contribution in [0.3, 0.4) is 0 Å². The second-order valence-electron chi connectivity index (χ2n) is 1.59. The van der Waals surface area contributed by atoms with Gasteiger partial charge in [0.25, 0.3) is 0 Å². The number of imidazole rings is 1. The van der Waals surface area contributed by atoms with Gasteiger partial charge in [0.2, 0.25) is 0 Å². The lowest BCUT2D eigenvalue weighted by Gasteiger charge is -1.92. The molecule has 1 heterocycles. The van der Waals surface area contributed by atoms with Gasteiger partial charge in [0.05, 0.1) is 4.83 Å². The van der Waals surface area contributed by atoms with Crippen molar-refractivity contribution in [3.05, 3.63) is 18.2 Å². The number of H-pyrrole nitrogens is 1. The molecule has 1 unspecified atom stereocenters. The quantitative estimate of drug-likeness (QED) is 0.648. The SMILES string of the molecule is CC(Br)c1ncc[nH]1. The molecule has 0 amide bonds. The van der Waals surface area contributed by atoms with Gasteiger partial charge in [-0.05, 0) is 6.92 Å². The van der Waals surface area contributed by atoms with E-state index in [4.69, 9.17) is 0 Å². The monoisotopic (exact) mass is 174 g/mol. The highest BCUT2D eigenvalue weighted by Gasteiger charge is 1.99. The van der Waals surface area contributed by atoms with Crippen LogP contribution in [0.2, 0.25) is 0 Å². The van der Waals surface area contributed by atoms with Crippen LogP contribution in [0.15, 0.2) is 12.4 Å². The molecule has 1 N–H and O–H groups in total. The molecule has 2 nitrogen and oxygen atoms in total. The average Bonchev–Trinajstić information content (AvgIpc) is 2.12. The molecule has 1 aromatic heterocycles. The van der Waals surface area contributed by atoms with Crippen LogP contribution in [-0.2, 0) is 0 Å². The molecule has 1 aromatic rings. The smallest absolute Gasteiger partial charge is 0.119 e. The van der Waals surface area contributed by atoms with E-state index in [1.807, 2.05) is 13.1 Å². The molecule has 0 aromatic carbocycles. The van der Waals surface area contributed by atoms with E-state index in [0.29, 0.717) is 4.83 Å². The second-order valence-corrected chi connectivity index (χ2v) is 2.96. The van der Waals surface area contributed by atoms with Gasteiger partial charge >= 0.3 is 0 Å². The predicted octanol–water partition coefficient (Wildman–Crippen LogP) is 1.87. The molecular formula is C5H7BrN2. The van der Waals surface area contributed by atoms with E-state index in [0.717, 1.165) is 5.82 Å². The van der Waals surface area contributed by atoms with Gasteiger partial charge in [-0.15, -0.1) is 0 Å². The number of halogens is 1. The average molecular weight is 175 g/mol. The summed E-state index contributed by atoms with van der Waals surface area (Å²) < 4.78 is 0. The number of alkyl halides is 1. The lowest BCUT2D eigenvalue weighted by Crippen LogP contribution is -1.84. The van der Waals surface area contributed by atoms with Gasteiger partial charge in [0, 0.05) is 12.4 Å². The molecule has 0 aliphatic rings. The van der Waals surface area contributed by atoms with E-state index >= 15 is 0 Å². The van der Waals surface area contributed by atoms with Crippen molar-refractivity contribution in [3.8, 4) is 0 Å². The third kappa shape index (κ3) is 1.10. The van der Waals surface area contributed by atoms with Crippen molar-refractivity contribution in [3.63, 3.8) is 0 Å². The van der Waals surface area contributed by atoms with Crippen molar-refractivity contribution < 1.29 is 0 Å². The molecule has 1 rings (SSSR count). The summed E-state index contributed by atoms with van der Waals surface area (Å²) in [5, 5.41) is 0. The maximum atomic E-state index is 4.01. The Kier molecular flexibility index (Phi) is 1.68. The lowest BCUT2D eigenvalue weighted by atomic mass is 10.5. The number of hydrogen-bond acceptors (Lipinski definition) is 1. The van der Waals surface area contributed by atoms with Crippen LogP contribution in [0.1, 0.15) is 17.6 Å². The molecule has 0 saturated heterocycles. The summed E-state index contributed by atoms with van der Waals surface area (Å²) in [7, 11) is 0. The van der Waals surface area contributed by atoms with Crippen LogP contribution in [0.5, 0.6) is 0 Å². The summed E-state index contributed by atoms with van der Waals surface area (Å²) in [4.78, 5) is 7.32. The first kappa shape index (κ1) is 5.82. The van der Waals surface area contributed by atoms with Crippen LogP contribution >= 0.6 is 15.9 Å². The lowest BCUT2D eigenvalue weighted by molar-refractivity contribution is 0.979. The van der Waals surface area contributed by atoms with Gasteiger partial charge in [0.15, 0.2) is 0 Å². The Bertz CT molecular complexity index is 145. The summed E-state index contributed by atoms with van der Waals surface area (Å²) in [6.07, 6.45) is 3.56. The summed E-state index contributed by atoms with van der Waals surface area (Å²) in [5.74, 6) is 0.977. The first-order valence-electron chi connectivity index (χ1n) is 2.44. The van der Waals surface area contributed by atoms with Crippen molar-refractivity contribution >= 4 is 15.9 Å². The third-order valence-corrected chi connectivity index (χ3v) is 1.33. The molecular weight excluding hydrogens is 168 g/mol. The first-order chi connectivity index (χ1) is 3.80. The van der Waals surface area contributed by atoms with Gasteiger partial charge in [0.1, 0.15) is 5.82 Å². The Hall–Kier alpha value is -0.310. The van der Waals surface area contributed by atoms with Crippen LogP contribution in [-0.4, -0.2) is 9.97 Å². The van der Waals surface area contributed by atoms with E-state index in [1.54, 1.807) is 6.20 Å². The second kappa shape index (κ2) is 2.31. The Morgan fingerprint density at radius 3 is 2.88 bits per heavy atom. The summed E-state index contributed by atoms with van der Waals surface area (Å²) in [6.45, 7) is 2.03. The molecule has 8 heavy (non-hydrogen) atoms. The molecule has 1 atom stereocenters. The number of rotatable bonds is 1. The number of hydrogen-bond donors (Lipinski definition) is 1. The van der Waals surface area contributed by atoms with E-state index in [-0.39, 0.29) is 0 Å². The topological polar surface area (TPSA) is 28.7 Å². The van der Waals surface area contributed by atoms with Gasteiger partial charge in [-0.25, -0.2) is 4.98 Å². The third-order valence-electron chi connectivity index (χ3n) is 0.896. The zero-order valence-corrected chi connectivity index (χ0v) is 6.14. The molecule has 0 aliphatic heterocycles. The molecule has 3 heteroatoms. The summed E-state index contributed by atoms with van der Waals surface area (Å²) >= 11 is 3.37. The minimum Gasteiger partial charge on any atom is -0.348 e. The standard InChI is InChI=1S/C5H7BrN2/c1-4(6)5-7-2-3-8-5/h2-4H,1H3,(H,7,8). The fourth-order valence-electron chi connectivity index (χ4n) is 0.495. The first-order valence-corrected chi connectivity index (χ1v) is 3.35. The Morgan fingerprint density at radius 2 is 2.62 bits per heavy atom. The highest BCUT2D eigenvalue weighted by Crippen LogP contribution is 2.15. The van der Waals surface area contributed by atoms with Gasteiger partial charge in [-0.1, -0.05) is 15.9 Å². The van der Waals surface area contributed by atoms with Gasteiger partial charge in [-0.3, -0.25) is 0 Å². The fourth-order valence-corrected chi connectivity index (χ4v) is 0.745. The van der Waals surface area contributed by atoms with Crippen LogP contribution in [0.25, 0.3) is 0 Å². The Balaban J connectivity index is 2.77. The van der Waals surface area contributed by atoms with E-state index in [9.17, 15) is 0 Å². The molecule has 0 saturated carbocycles. The van der Waals surface area contributed by atoms with Crippen molar-refractivity contribution in [2.24, 2.45) is 0 Å². The number of aromatic amines is 1. The maximum Gasteiger partial charge on any atom is 0.119 e. The minimum atomic E-state index is 0.331. The van der Waals surface area contributed by atoms with Crippen molar-refractivity contribution in [2.45, 2.75) is 11.8 Å². The van der Waals surface area contributed by atoms with Crippen LogP contribution < -0.4 is 0 Å². The van der Waals surface area contributed by atoms with Gasteiger partial charge in [-0.2, -0.15) is 0 Å². The summed E-state index contributed by atoms with van der Waals surface area (Å²) in [5.41, 5.74) is 0. The zero-order chi connectivity index (χ0) is 5.98. The minimum absolute atomic E-state index is 0.331. The van der Waals surface area contributed by atoms with Crippen LogP contribution in [0, 0.1) is 0 Å². The fraction of sp³-hybridized carbons (Fsp3) is 0.400. The zero-order valence-electron chi connectivity index (χ0n) is 4.56.